The second-order valence-corrected chi connectivity index (χ2v) is 13.7. The molecule has 2 aromatic heterocycles. The van der Waals surface area contributed by atoms with E-state index in [0.29, 0.717) is 5.15 Å². The maximum atomic E-state index is 11.2. The molecule has 0 bridgehead atoms. The maximum Gasteiger partial charge on any atom is 0.339 e. The number of aromatic nitrogens is 4. The quantitative estimate of drug-likeness (QED) is 0.241. The molecule has 0 aliphatic heterocycles. The van der Waals surface area contributed by atoms with E-state index < -0.39 is 5.20 Å². The van der Waals surface area contributed by atoms with Gasteiger partial charge in [-0.15, -0.1) is 0 Å². The Balaban J connectivity index is 0.000000241. The number of rotatable bonds is 0. The largest absolute Gasteiger partial charge is 0.339 e. The van der Waals surface area contributed by atoms with E-state index in [1.165, 1.54) is 12.8 Å². The highest BCUT2D eigenvalue weighted by Crippen LogP contribution is 2.61. The van der Waals surface area contributed by atoms with Crippen LogP contribution in [0.15, 0.2) is 9.59 Å². The predicted octanol–water partition coefficient (Wildman–Crippen LogP) is 6.05. The lowest BCUT2D eigenvalue weighted by atomic mass is 9.97. The van der Waals surface area contributed by atoms with Gasteiger partial charge in [0.15, 0.2) is 0 Å². The Morgan fingerprint density at radius 1 is 0.800 bits per heavy atom. The van der Waals surface area contributed by atoms with Gasteiger partial charge in [-0.25, -0.2) is 14.8 Å². The number of nitrogens with one attached hydrogen (secondary N) is 2. The van der Waals surface area contributed by atoms with Crippen LogP contribution >= 0.6 is 62.1 Å². The second kappa shape index (κ2) is 12.5. The van der Waals surface area contributed by atoms with Gasteiger partial charge in [0.25, 0.3) is 5.56 Å². The van der Waals surface area contributed by atoms with Crippen LogP contribution in [-0.4, -0.2) is 19.9 Å². The number of fused-ring (bicyclic) bond motifs is 2. The number of aromatic amines is 2. The topological polar surface area (TPSA) is 109 Å². The van der Waals surface area contributed by atoms with Gasteiger partial charge in [-0.1, -0.05) is 19.0 Å². The number of halogens is 5. The van der Waals surface area contributed by atoms with Crippen molar-refractivity contribution in [2.45, 2.75) is 58.8 Å². The number of hydrogen-bond donors (Lipinski definition) is 2. The van der Waals surface area contributed by atoms with Gasteiger partial charge in [-0.3, -0.25) is 14.3 Å². The monoisotopic (exact) mass is 536 g/mol. The van der Waals surface area contributed by atoms with Crippen molar-refractivity contribution in [2.75, 3.05) is 0 Å². The fourth-order valence-corrected chi connectivity index (χ4v) is 3.67. The van der Waals surface area contributed by atoms with Crippen molar-refractivity contribution in [3.05, 3.63) is 53.8 Å². The fourth-order valence-electron chi connectivity index (χ4n) is 3.16. The molecular formula is C17H22Cl5N4O3P. The van der Waals surface area contributed by atoms with E-state index in [2.05, 4.69) is 53.7 Å². The summed E-state index contributed by atoms with van der Waals surface area (Å²) in [6.45, 7) is 0. The molecule has 7 nitrogen and oxygen atoms in total. The molecule has 0 fully saturated rings. The van der Waals surface area contributed by atoms with Crippen LogP contribution in [0.4, 0.5) is 0 Å². The van der Waals surface area contributed by atoms with Crippen LogP contribution < -0.4 is 11.2 Å². The van der Waals surface area contributed by atoms with Crippen LogP contribution in [0.1, 0.15) is 55.6 Å². The zero-order valence-electron chi connectivity index (χ0n) is 15.1. The second-order valence-electron chi connectivity index (χ2n) is 6.39. The fraction of sp³-hybridized carbons (Fsp3) is 0.529. The summed E-state index contributed by atoms with van der Waals surface area (Å²) in [6, 6.07) is 0. The van der Waals surface area contributed by atoms with Crippen molar-refractivity contribution in [2.24, 2.45) is 0 Å². The van der Waals surface area contributed by atoms with Crippen molar-refractivity contribution in [3.8, 4) is 0 Å². The average molecular weight is 539 g/mol. The molecule has 0 saturated carbocycles. The lowest BCUT2D eigenvalue weighted by Crippen LogP contribution is -2.29. The molecule has 2 aromatic rings. The van der Waals surface area contributed by atoms with Crippen molar-refractivity contribution in [1.82, 2.24) is 19.9 Å². The van der Waals surface area contributed by atoms with E-state index in [1.807, 2.05) is 0 Å². The third-order valence-electron chi connectivity index (χ3n) is 4.34. The highest BCUT2D eigenvalue weighted by molar-refractivity contribution is 8.24. The molecule has 0 spiro atoms. The normalized spacial score (nSPS) is 14.6. The Hall–Kier alpha value is -0.560. The first-order valence-corrected chi connectivity index (χ1v) is 14.0. The van der Waals surface area contributed by atoms with E-state index in [9.17, 15) is 14.2 Å². The van der Waals surface area contributed by atoms with Gasteiger partial charge in [-0.2, -0.15) is 0 Å². The molecule has 2 N–H and O–H groups in total. The molecule has 0 unspecified atom stereocenters. The van der Waals surface area contributed by atoms with Gasteiger partial charge >= 0.3 is 10.9 Å². The molecule has 2 aliphatic carbocycles. The summed E-state index contributed by atoms with van der Waals surface area (Å²) < 4.78 is 9.51. The van der Waals surface area contributed by atoms with Crippen LogP contribution in [0.3, 0.4) is 0 Å². The van der Waals surface area contributed by atoms with E-state index in [1.54, 1.807) is 0 Å². The standard InChI is InChI=1S/C8H8Cl2N2.C8H10N2O2.CH4.Cl3OP/c9-7-5-3-1-2-4-6(5)11-8(10)12-7;11-7-5-3-1-2-4-6(5)9-8(12)10-7;;1-5(2,3)4/h1-4H2;1-4H2,(H2,9,10,11,12);1H4;. The van der Waals surface area contributed by atoms with E-state index in [4.69, 9.17) is 23.2 Å². The first-order valence-electron chi connectivity index (χ1n) is 8.78. The van der Waals surface area contributed by atoms with Gasteiger partial charge in [0.1, 0.15) is 5.15 Å². The molecule has 13 heteroatoms. The SMILES string of the molecule is C.Clc1nc(Cl)c2c(n1)CCCC2.O=P(Cl)(Cl)Cl.O=c1[nH]c2c(c(=O)[nH]1)CCCC2. The molecule has 0 aromatic carbocycles. The minimum absolute atomic E-state index is 0. The molecule has 0 amide bonds. The van der Waals surface area contributed by atoms with Crippen LogP contribution in [0.5, 0.6) is 0 Å². The molecular weight excluding hydrogens is 516 g/mol. The molecule has 4 rings (SSSR count). The molecule has 2 heterocycles. The van der Waals surface area contributed by atoms with Gasteiger partial charge in [0.2, 0.25) is 5.28 Å². The van der Waals surface area contributed by atoms with Crippen LogP contribution in [-0.2, 0) is 30.2 Å². The molecule has 0 saturated heterocycles. The number of aryl methyl sites for hydroxylation is 2. The summed E-state index contributed by atoms with van der Waals surface area (Å²) in [5.41, 5.74) is 3.11. The summed E-state index contributed by atoms with van der Waals surface area (Å²) in [7, 11) is 0. The number of H-pyrrole nitrogens is 2. The van der Waals surface area contributed by atoms with Gasteiger partial charge in [-0.05, 0) is 96.7 Å². The smallest absolute Gasteiger partial charge is 0.311 e. The number of hydrogen-bond acceptors (Lipinski definition) is 5. The summed E-state index contributed by atoms with van der Waals surface area (Å²) in [4.78, 5) is 35.0. The lowest BCUT2D eigenvalue weighted by molar-refractivity contribution is 0.600. The molecule has 168 valence electrons. The summed E-state index contributed by atoms with van der Waals surface area (Å²) in [5.74, 6) is 0. The average Bonchev–Trinajstić information content (AvgIpc) is 2.60. The maximum absolute atomic E-state index is 11.2. The molecule has 2 aliphatic rings. The van der Waals surface area contributed by atoms with Crippen molar-refractivity contribution >= 4 is 62.1 Å². The summed E-state index contributed by atoms with van der Waals surface area (Å²) in [5, 5.41) is -2.43. The molecule has 0 atom stereocenters. The van der Waals surface area contributed by atoms with Crippen molar-refractivity contribution in [1.29, 1.82) is 0 Å². The van der Waals surface area contributed by atoms with Gasteiger partial charge in [0, 0.05) is 16.8 Å². The summed E-state index contributed by atoms with van der Waals surface area (Å²) >= 11 is 25.4. The Morgan fingerprint density at radius 3 is 1.97 bits per heavy atom. The van der Waals surface area contributed by atoms with E-state index in [-0.39, 0.29) is 24.0 Å². The minimum atomic E-state index is -3.22. The van der Waals surface area contributed by atoms with Gasteiger partial charge < -0.3 is 4.98 Å². The van der Waals surface area contributed by atoms with E-state index in [0.717, 1.165) is 61.0 Å². The third-order valence-corrected chi connectivity index (χ3v) is 4.82. The van der Waals surface area contributed by atoms with Crippen LogP contribution in [0, 0.1) is 0 Å². The Kier molecular flexibility index (Phi) is 11.4. The number of nitrogens with zero attached hydrogens (tertiary/aromatic N) is 2. The van der Waals surface area contributed by atoms with E-state index >= 15 is 0 Å². The Morgan fingerprint density at radius 2 is 1.33 bits per heavy atom. The lowest BCUT2D eigenvalue weighted by Gasteiger charge is -2.14. The zero-order chi connectivity index (χ0) is 21.6. The molecule has 0 radical (unpaired) electrons. The van der Waals surface area contributed by atoms with Crippen molar-refractivity contribution < 1.29 is 4.57 Å². The first kappa shape index (κ1) is 27.5. The van der Waals surface area contributed by atoms with Gasteiger partial charge in [0.05, 0.1) is 5.69 Å². The minimum Gasteiger partial charge on any atom is -0.311 e. The Labute approximate surface area is 198 Å². The first-order chi connectivity index (χ1) is 13.5. The highest BCUT2D eigenvalue weighted by Gasteiger charge is 2.15. The molecule has 30 heavy (non-hydrogen) atoms. The van der Waals surface area contributed by atoms with Crippen LogP contribution in [0.25, 0.3) is 0 Å². The van der Waals surface area contributed by atoms with Crippen LogP contribution in [0.2, 0.25) is 10.4 Å². The van der Waals surface area contributed by atoms with Crippen molar-refractivity contribution in [3.63, 3.8) is 0 Å². The Bertz CT molecular complexity index is 1010. The predicted molar refractivity (Wildman–Crippen MR) is 125 cm³/mol. The highest BCUT2D eigenvalue weighted by atomic mass is 36.0. The summed E-state index contributed by atoms with van der Waals surface area (Å²) in [6.07, 6.45) is 8.06. The zero-order valence-corrected chi connectivity index (χ0v) is 19.8. The third kappa shape index (κ3) is 9.29.